The number of nitrogens with one attached hydrogen (secondary N) is 1. The van der Waals surface area contributed by atoms with Crippen molar-refractivity contribution in [1.29, 1.82) is 0 Å². The monoisotopic (exact) mass is 298 g/mol. The predicted molar refractivity (Wildman–Crippen MR) is 88.5 cm³/mol. The van der Waals surface area contributed by atoms with E-state index in [4.69, 9.17) is 0 Å². The largest absolute Gasteiger partial charge is 0.317 e. The van der Waals surface area contributed by atoms with Gasteiger partial charge in [-0.1, -0.05) is 30.3 Å². The molecule has 0 radical (unpaired) electrons. The molecule has 2 heterocycles. The van der Waals surface area contributed by atoms with Crippen LogP contribution in [0, 0.1) is 11.8 Å². The summed E-state index contributed by atoms with van der Waals surface area (Å²) in [6.07, 6.45) is 9.83. The highest BCUT2D eigenvalue weighted by Crippen LogP contribution is 2.27. The predicted octanol–water partition coefficient (Wildman–Crippen LogP) is 2.92. The molecule has 1 fully saturated rings. The van der Waals surface area contributed by atoms with E-state index in [1.54, 1.807) is 12.4 Å². The lowest BCUT2D eigenvalue weighted by molar-refractivity contribution is 0.205. The summed E-state index contributed by atoms with van der Waals surface area (Å²) in [6, 6.07) is 10.8. The van der Waals surface area contributed by atoms with Gasteiger partial charge >= 0.3 is 0 Å². The molecule has 0 spiro atoms. The van der Waals surface area contributed by atoms with Crippen LogP contribution >= 0.6 is 0 Å². The summed E-state index contributed by atoms with van der Waals surface area (Å²) in [7, 11) is 0. The molecule has 118 valence electrons. The summed E-state index contributed by atoms with van der Waals surface area (Å²) >= 11 is 0. The molecule has 1 N–H and O–H groups in total. The van der Waals surface area contributed by atoms with Gasteiger partial charge in [0.25, 0.3) is 0 Å². The minimum atomic E-state index is 0.693. The Kier molecular flexibility index (Phi) is 5.59. The zero-order valence-electron chi connectivity index (χ0n) is 13.2. The van der Waals surface area contributed by atoms with Crippen LogP contribution in [0.25, 0.3) is 0 Å². The molecule has 0 saturated carbocycles. The van der Waals surface area contributed by atoms with Crippen molar-refractivity contribution < 1.29 is 0 Å². The van der Waals surface area contributed by atoms with Crippen LogP contribution in [0.2, 0.25) is 0 Å². The third-order valence-corrected chi connectivity index (χ3v) is 4.80. The maximum atomic E-state index is 4.31. The van der Waals surface area contributed by atoms with Gasteiger partial charge in [-0.15, -0.1) is 0 Å². The fourth-order valence-corrected chi connectivity index (χ4v) is 3.55. The van der Waals surface area contributed by atoms with E-state index in [0.717, 1.165) is 25.6 Å². The Balaban J connectivity index is 1.55. The van der Waals surface area contributed by atoms with Gasteiger partial charge in [0.05, 0.1) is 18.9 Å². The molecular weight excluding hydrogens is 272 g/mol. The van der Waals surface area contributed by atoms with Gasteiger partial charge < -0.3 is 5.32 Å². The zero-order chi connectivity index (χ0) is 15.0. The summed E-state index contributed by atoms with van der Waals surface area (Å²) in [6.45, 7) is 3.28. The molecule has 1 saturated heterocycles. The smallest absolute Gasteiger partial charge is 0.0693 e. The van der Waals surface area contributed by atoms with Crippen molar-refractivity contribution in [3.05, 3.63) is 48.3 Å². The molecule has 0 aliphatic carbocycles. The summed E-state index contributed by atoms with van der Waals surface area (Å²) in [5, 5.41) is 12.1. The Morgan fingerprint density at radius 2 is 1.82 bits per heavy atom. The second-order valence-electron chi connectivity index (χ2n) is 6.31. The molecule has 0 bridgehead atoms. The van der Waals surface area contributed by atoms with Crippen molar-refractivity contribution in [2.75, 3.05) is 13.1 Å². The number of hydrogen-bond acceptors (Lipinski definition) is 3. The first-order chi connectivity index (χ1) is 10.9. The van der Waals surface area contributed by atoms with Gasteiger partial charge in [-0.2, -0.15) is 15.0 Å². The van der Waals surface area contributed by atoms with Crippen LogP contribution in [-0.2, 0) is 13.0 Å². The lowest BCUT2D eigenvalue weighted by atomic mass is 9.81. The molecule has 3 rings (SSSR count). The second-order valence-corrected chi connectivity index (χ2v) is 6.31. The number of piperidine rings is 1. The van der Waals surface area contributed by atoms with Gasteiger partial charge in [-0.3, -0.25) is 0 Å². The first-order valence-electron chi connectivity index (χ1n) is 8.50. The van der Waals surface area contributed by atoms with Gasteiger partial charge in [0.1, 0.15) is 0 Å². The summed E-state index contributed by atoms with van der Waals surface area (Å²) in [5.41, 5.74) is 1.45. The van der Waals surface area contributed by atoms with Crippen LogP contribution in [0.5, 0.6) is 0 Å². The van der Waals surface area contributed by atoms with Crippen LogP contribution in [-0.4, -0.2) is 28.1 Å². The first-order valence-corrected chi connectivity index (χ1v) is 8.50. The Hall–Kier alpha value is -1.68. The van der Waals surface area contributed by atoms with E-state index in [1.807, 2.05) is 4.80 Å². The van der Waals surface area contributed by atoms with Crippen molar-refractivity contribution in [3.8, 4) is 0 Å². The third-order valence-electron chi connectivity index (χ3n) is 4.80. The standard InChI is InChI=1S/C18H26N4/c1-2-5-16(6-3-1)7-4-8-18(15-22-20-13-14-21-22)17-9-11-19-12-10-17/h1-3,5-6,13-14,17-19H,4,7-12,15H2. The molecule has 1 aliphatic rings. The van der Waals surface area contributed by atoms with Crippen molar-refractivity contribution in [2.45, 2.75) is 38.6 Å². The van der Waals surface area contributed by atoms with Crippen molar-refractivity contribution in [3.63, 3.8) is 0 Å². The number of benzene rings is 1. The number of aromatic nitrogens is 3. The SMILES string of the molecule is c1ccc(CCCC(Cn2nccn2)C2CCNCC2)cc1. The van der Waals surface area contributed by atoms with Crippen LogP contribution in [0.15, 0.2) is 42.7 Å². The van der Waals surface area contributed by atoms with Crippen LogP contribution in [0.3, 0.4) is 0 Å². The van der Waals surface area contributed by atoms with Crippen molar-refractivity contribution >= 4 is 0 Å². The maximum absolute atomic E-state index is 4.31. The molecule has 22 heavy (non-hydrogen) atoms. The van der Waals surface area contributed by atoms with Gasteiger partial charge in [0, 0.05) is 0 Å². The third kappa shape index (κ3) is 4.41. The van der Waals surface area contributed by atoms with E-state index in [0.29, 0.717) is 5.92 Å². The minimum absolute atomic E-state index is 0.693. The average Bonchev–Trinajstić information content (AvgIpc) is 3.09. The normalized spacial score (nSPS) is 17.5. The van der Waals surface area contributed by atoms with Crippen LogP contribution in [0.4, 0.5) is 0 Å². The molecule has 1 aliphatic heterocycles. The molecule has 1 unspecified atom stereocenters. The second kappa shape index (κ2) is 8.08. The van der Waals surface area contributed by atoms with Crippen LogP contribution < -0.4 is 5.32 Å². The molecule has 2 aromatic rings. The number of nitrogens with zero attached hydrogens (tertiary/aromatic N) is 3. The maximum Gasteiger partial charge on any atom is 0.0693 e. The molecule has 1 aromatic heterocycles. The van der Waals surface area contributed by atoms with Gasteiger partial charge in [-0.25, -0.2) is 0 Å². The lowest BCUT2D eigenvalue weighted by Gasteiger charge is -2.30. The van der Waals surface area contributed by atoms with Gasteiger partial charge in [0.2, 0.25) is 0 Å². The van der Waals surface area contributed by atoms with Gasteiger partial charge in [0.15, 0.2) is 0 Å². The minimum Gasteiger partial charge on any atom is -0.317 e. The van der Waals surface area contributed by atoms with E-state index in [-0.39, 0.29) is 0 Å². The summed E-state index contributed by atoms with van der Waals surface area (Å²) < 4.78 is 0. The molecular formula is C18H26N4. The summed E-state index contributed by atoms with van der Waals surface area (Å²) in [4.78, 5) is 1.87. The molecule has 0 amide bonds. The lowest BCUT2D eigenvalue weighted by Crippen LogP contribution is -2.33. The topological polar surface area (TPSA) is 42.7 Å². The fourth-order valence-electron chi connectivity index (χ4n) is 3.55. The van der Waals surface area contributed by atoms with Crippen molar-refractivity contribution in [1.82, 2.24) is 20.3 Å². The van der Waals surface area contributed by atoms with E-state index in [9.17, 15) is 0 Å². The highest BCUT2D eigenvalue weighted by molar-refractivity contribution is 5.14. The number of hydrogen-bond donors (Lipinski definition) is 1. The average molecular weight is 298 g/mol. The Labute approximate surface area is 132 Å². The number of rotatable bonds is 7. The molecule has 4 heteroatoms. The highest BCUT2D eigenvalue weighted by atomic mass is 15.5. The van der Waals surface area contributed by atoms with Gasteiger partial charge in [-0.05, 0) is 62.6 Å². The number of aryl methyl sites for hydroxylation is 1. The van der Waals surface area contributed by atoms with E-state index in [1.165, 1.54) is 37.7 Å². The molecule has 1 atom stereocenters. The highest BCUT2D eigenvalue weighted by Gasteiger charge is 2.24. The van der Waals surface area contributed by atoms with E-state index in [2.05, 4.69) is 45.8 Å². The quantitative estimate of drug-likeness (QED) is 0.854. The first kappa shape index (κ1) is 15.2. The summed E-state index contributed by atoms with van der Waals surface area (Å²) in [5.74, 6) is 1.50. The van der Waals surface area contributed by atoms with Crippen LogP contribution in [0.1, 0.15) is 31.2 Å². The molecule has 1 aromatic carbocycles. The van der Waals surface area contributed by atoms with Crippen molar-refractivity contribution in [2.24, 2.45) is 11.8 Å². The molecule has 4 nitrogen and oxygen atoms in total. The van der Waals surface area contributed by atoms with E-state index < -0.39 is 0 Å². The zero-order valence-corrected chi connectivity index (χ0v) is 13.2. The Morgan fingerprint density at radius 1 is 1.09 bits per heavy atom. The Morgan fingerprint density at radius 3 is 2.55 bits per heavy atom. The Bertz CT molecular complexity index is 517. The van der Waals surface area contributed by atoms with E-state index >= 15 is 0 Å². The fraction of sp³-hybridized carbons (Fsp3) is 0.556.